The number of nitrogens with zero attached hydrogens (tertiary/aromatic N) is 1. The normalized spacial score (nSPS) is 11.6. The molecule has 7 heteroatoms. The van der Waals surface area contributed by atoms with Crippen LogP contribution in [-0.2, 0) is 21.2 Å². The molecule has 0 aliphatic heterocycles. The Morgan fingerprint density at radius 1 is 0.966 bits per heavy atom. The number of benzene rings is 2. The minimum atomic E-state index is -3.50. The van der Waals surface area contributed by atoms with E-state index in [0.717, 1.165) is 36.0 Å². The maximum absolute atomic E-state index is 12.8. The number of amides is 1. The predicted octanol–water partition coefficient (Wildman–Crippen LogP) is 3.61. The monoisotopic (exact) mass is 418 g/mol. The summed E-state index contributed by atoms with van der Waals surface area (Å²) in [6.07, 6.45) is 3.02. The van der Waals surface area contributed by atoms with Crippen LogP contribution in [0.2, 0.25) is 0 Å². The molecule has 0 spiro atoms. The predicted molar refractivity (Wildman–Crippen MR) is 115 cm³/mol. The highest BCUT2D eigenvalue weighted by Gasteiger charge is 2.22. The third-order valence-corrected chi connectivity index (χ3v) is 6.70. The van der Waals surface area contributed by atoms with Crippen LogP contribution in [0.15, 0.2) is 54.6 Å². The van der Waals surface area contributed by atoms with E-state index in [1.54, 1.807) is 5.48 Å². The van der Waals surface area contributed by atoms with Gasteiger partial charge in [0.15, 0.2) is 0 Å². The topological polar surface area (TPSA) is 86.7 Å². The van der Waals surface area contributed by atoms with Gasteiger partial charge in [0, 0.05) is 19.5 Å². The second-order valence-corrected chi connectivity index (χ2v) is 9.11. The van der Waals surface area contributed by atoms with Gasteiger partial charge >= 0.3 is 0 Å². The van der Waals surface area contributed by atoms with Gasteiger partial charge in [0.05, 0.1) is 5.75 Å². The van der Waals surface area contributed by atoms with E-state index in [0.29, 0.717) is 13.0 Å². The molecular formula is C22H30N2O4S. The first-order valence-corrected chi connectivity index (χ1v) is 11.6. The number of rotatable bonds is 12. The van der Waals surface area contributed by atoms with Crippen molar-refractivity contribution in [1.82, 2.24) is 9.79 Å². The molecule has 1 amide bonds. The Bertz CT molecular complexity index is 852. The van der Waals surface area contributed by atoms with Crippen LogP contribution in [0.25, 0.3) is 11.1 Å². The second-order valence-electron chi connectivity index (χ2n) is 7.02. The van der Waals surface area contributed by atoms with E-state index in [1.165, 1.54) is 4.31 Å². The lowest BCUT2D eigenvalue weighted by Gasteiger charge is -2.22. The fraction of sp³-hybridized carbons (Fsp3) is 0.409. The van der Waals surface area contributed by atoms with Crippen LogP contribution in [0.1, 0.15) is 38.2 Å². The lowest BCUT2D eigenvalue weighted by Crippen LogP contribution is -2.37. The molecule has 2 aromatic carbocycles. The molecule has 0 bridgehead atoms. The van der Waals surface area contributed by atoms with Gasteiger partial charge in [-0.05, 0) is 29.5 Å². The van der Waals surface area contributed by atoms with Crippen molar-refractivity contribution in [2.24, 2.45) is 0 Å². The number of carbonyl (C=O) groups is 1. The molecular weight excluding hydrogens is 388 g/mol. The van der Waals surface area contributed by atoms with Crippen LogP contribution in [0.5, 0.6) is 0 Å². The SMILES string of the molecule is CCCCCN(CCC(=O)NO)S(=O)(=O)CCc1ccc(-c2ccccc2)cc1. The van der Waals surface area contributed by atoms with Crippen LogP contribution < -0.4 is 5.48 Å². The van der Waals surface area contributed by atoms with E-state index in [9.17, 15) is 13.2 Å². The van der Waals surface area contributed by atoms with Gasteiger partial charge in [-0.1, -0.05) is 74.4 Å². The first-order chi connectivity index (χ1) is 14.0. The third-order valence-electron chi connectivity index (χ3n) is 4.83. The van der Waals surface area contributed by atoms with Crippen molar-refractivity contribution >= 4 is 15.9 Å². The zero-order valence-corrected chi connectivity index (χ0v) is 17.7. The van der Waals surface area contributed by atoms with Gasteiger partial charge in [0.2, 0.25) is 15.9 Å². The first-order valence-electron chi connectivity index (χ1n) is 10.0. The van der Waals surface area contributed by atoms with Gasteiger partial charge in [-0.2, -0.15) is 0 Å². The van der Waals surface area contributed by atoms with Crippen LogP contribution in [0.4, 0.5) is 0 Å². The highest BCUT2D eigenvalue weighted by molar-refractivity contribution is 7.89. The Morgan fingerprint density at radius 2 is 1.62 bits per heavy atom. The standard InChI is InChI=1S/C22H30N2O4S/c1-2-3-7-16-24(17-14-22(25)23-26)29(27,28)18-15-19-10-12-21(13-11-19)20-8-5-4-6-9-20/h4-6,8-13,26H,2-3,7,14-18H2,1H3,(H,23,25). The Balaban J connectivity index is 1.99. The summed E-state index contributed by atoms with van der Waals surface area (Å²) in [7, 11) is -3.50. The number of aryl methyl sites for hydroxylation is 1. The van der Waals surface area contributed by atoms with Crippen LogP contribution in [0.3, 0.4) is 0 Å². The number of carbonyl (C=O) groups excluding carboxylic acids is 1. The van der Waals surface area contributed by atoms with Gasteiger partial charge < -0.3 is 0 Å². The summed E-state index contributed by atoms with van der Waals surface area (Å²) < 4.78 is 27.0. The fourth-order valence-electron chi connectivity index (χ4n) is 3.08. The van der Waals surface area contributed by atoms with E-state index in [-0.39, 0.29) is 18.7 Å². The Kier molecular flexibility index (Phi) is 9.31. The van der Waals surface area contributed by atoms with Crippen molar-refractivity contribution in [3.05, 3.63) is 60.2 Å². The maximum Gasteiger partial charge on any atom is 0.244 e. The molecule has 0 radical (unpaired) electrons. The molecule has 0 heterocycles. The average Bonchev–Trinajstić information content (AvgIpc) is 2.75. The quantitative estimate of drug-likeness (QED) is 0.313. The minimum absolute atomic E-state index is 0.00937. The van der Waals surface area contributed by atoms with Crippen molar-refractivity contribution < 1.29 is 18.4 Å². The smallest absolute Gasteiger partial charge is 0.244 e. The van der Waals surface area contributed by atoms with Gasteiger partial charge in [-0.3, -0.25) is 10.0 Å². The zero-order valence-electron chi connectivity index (χ0n) is 16.9. The van der Waals surface area contributed by atoms with Crippen LogP contribution in [-0.4, -0.2) is 42.7 Å². The van der Waals surface area contributed by atoms with Gasteiger partial charge in [0.25, 0.3) is 0 Å². The molecule has 6 nitrogen and oxygen atoms in total. The Hall–Kier alpha value is -2.22. The van der Waals surface area contributed by atoms with Crippen molar-refractivity contribution in [3.8, 4) is 11.1 Å². The summed E-state index contributed by atoms with van der Waals surface area (Å²) in [6.45, 7) is 2.52. The molecule has 0 aliphatic carbocycles. The van der Waals surface area contributed by atoms with Crippen LogP contribution in [0, 0.1) is 0 Å². The van der Waals surface area contributed by atoms with E-state index >= 15 is 0 Å². The van der Waals surface area contributed by atoms with E-state index in [4.69, 9.17) is 5.21 Å². The molecule has 0 fully saturated rings. The molecule has 0 unspecified atom stereocenters. The van der Waals surface area contributed by atoms with E-state index < -0.39 is 15.9 Å². The second kappa shape index (κ2) is 11.7. The molecule has 0 saturated heterocycles. The molecule has 0 saturated carbocycles. The summed E-state index contributed by atoms with van der Waals surface area (Å²) in [6, 6.07) is 17.9. The molecule has 158 valence electrons. The molecule has 0 aromatic heterocycles. The summed E-state index contributed by atoms with van der Waals surface area (Å²) in [4.78, 5) is 11.3. The summed E-state index contributed by atoms with van der Waals surface area (Å²) in [5.74, 6) is -0.595. The average molecular weight is 419 g/mol. The lowest BCUT2D eigenvalue weighted by molar-refractivity contribution is -0.129. The zero-order chi connectivity index (χ0) is 21.1. The number of hydrogen-bond donors (Lipinski definition) is 2. The number of nitrogens with one attached hydrogen (secondary N) is 1. The largest absolute Gasteiger partial charge is 0.289 e. The highest BCUT2D eigenvalue weighted by atomic mass is 32.2. The number of sulfonamides is 1. The van der Waals surface area contributed by atoms with Crippen LogP contribution >= 0.6 is 0 Å². The number of unbranched alkanes of at least 4 members (excludes halogenated alkanes) is 2. The van der Waals surface area contributed by atoms with Gasteiger partial charge in [-0.15, -0.1) is 0 Å². The first kappa shape index (κ1) is 23.1. The van der Waals surface area contributed by atoms with E-state index in [2.05, 4.69) is 6.92 Å². The number of hydrogen-bond acceptors (Lipinski definition) is 4. The van der Waals surface area contributed by atoms with Crippen molar-refractivity contribution in [2.75, 3.05) is 18.8 Å². The molecule has 2 rings (SSSR count). The lowest BCUT2D eigenvalue weighted by atomic mass is 10.0. The molecule has 2 aromatic rings. The fourth-order valence-corrected chi connectivity index (χ4v) is 4.61. The molecule has 0 aliphatic rings. The number of hydroxylamine groups is 1. The molecule has 2 N–H and O–H groups in total. The van der Waals surface area contributed by atoms with Gasteiger partial charge in [-0.25, -0.2) is 18.2 Å². The molecule has 0 atom stereocenters. The van der Waals surface area contributed by atoms with Gasteiger partial charge in [0.1, 0.15) is 0 Å². The Labute approximate surface area is 173 Å². The summed E-state index contributed by atoms with van der Waals surface area (Å²) in [5.41, 5.74) is 4.72. The molecule has 29 heavy (non-hydrogen) atoms. The van der Waals surface area contributed by atoms with E-state index in [1.807, 2.05) is 54.6 Å². The Morgan fingerprint density at radius 3 is 2.24 bits per heavy atom. The summed E-state index contributed by atoms with van der Waals surface area (Å²) >= 11 is 0. The minimum Gasteiger partial charge on any atom is -0.289 e. The van der Waals surface area contributed by atoms with Crippen molar-refractivity contribution in [1.29, 1.82) is 0 Å². The van der Waals surface area contributed by atoms with Crippen molar-refractivity contribution in [2.45, 2.75) is 39.0 Å². The maximum atomic E-state index is 12.8. The third kappa shape index (κ3) is 7.61. The highest BCUT2D eigenvalue weighted by Crippen LogP contribution is 2.20. The van der Waals surface area contributed by atoms with Crippen molar-refractivity contribution in [3.63, 3.8) is 0 Å². The summed E-state index contributed by atoms with van der Waals surface area (Å²) in [5, 5.41) is 8.65.